The zero-order chi connectivity index (χ0) is 34.4. The molecule has 2 aromatic carbocycles. The second kappa shape index (κ2) is 13.1. The maximum atomic E-state index is 14.7. The van der Waals surface area contributed by atoms with Crippen molar-refractivity contribution in [2.45, 2.75) is 90.4 Å². The molecule has 1 aliphatic rings. The molecule has 0 bridgehead atoms. The van der Waals surface area contributed by atoms with E-state index in [4.69, 9.17) is 27.0 Å². The van der Waals surface area contributed by atoms with Crippen LogP contribution < -0.4 is 5.56 Å². The van der Waals surface area contributed by atoms with Gasteiger partial charge in [-0.2, -0.15) is 0 Å². The molecule has 0 saturated heterocycles. The Morgan fingerprint density at radius 2 is 1.66 bits per heavy atom. The predicted octanol–water partition coefficient (Wildman–Crippen LogP) is 9.51. The highest BCUT2D eigenvalue weighted by molar-refractivity contribution is 6.34. The van der Waals surface area contributed by atoms with E-state index in [-0.39, 0.29) is 53.4 Å². The standard InChI is InChI=1S/C36H38ClF5N4O/c1-6-27(43)31-21(5)28(8-7-26(31)37)46-33(25(19(2)3)16-22-14-23(39)17-24(40)15-22)45-32-30(34(46)47)20(4)13-29(44-32)35(18-38)9-11-36(41,42)12-10-35/h7-8,13-15,17,19,25,43H,6,9-12,16,18H2,1-5H3. The first kappa shape index (κ1) is 34.7. The third-order valence-electron chi connectivity index (χ3n) is 9.60. The molecule has 0 aliphatic heterocycles. The lowest BCUT2D eigenvalue weighted by Gasteiger charge is -2.38. The van der Waals surface area contributed by atoms with Crippen LogP contribution in [0.1, 0.15) is 92.6 Å². The van der Waals surface area contributed by atoms with Crippen LogP contribution >= 0.6 is 11.6 Å². The van der Waals surface area contributed by atoms with Crippen molar-refractivity contribution < 1.29 is 22.0 Å². The van der Waals surface area contributed by atoms with Gasteiger partial charge in [0.1, 0.15) is 24.1 Å². The van der Waals surface area contributed by atoms with Crippen LogP contribution in [-0.4, -0.2) is 32.8 Å². The fourth-order valence-corrected chi connectivity index (χ4v) is 7.06. The third-order valence-corrected chi connectivity index (χ3v) is 9.91. The van der Waals surface area contributed by atoms with Crippen molar-refractivity contribution >= 4 is 28.3 Å². The van der Waals surface area contributed by atoms with Crippen LogP contribution in [0.3, 0.4) is 0 Å². The summed E-state index contributed by atoms with van der Waals surface area (Å²) in [6, 6.07) is 8.16. The second-order valence-corrected chi connectivity index (χ2v) is 13.5. The molecule has 1 unspecified atom stereocenters. The number of fused-ring (bicyclic) bond motifs is 1. The van der Waals surface area contributed by atoms with Crippen LogP contribution in [0.15, 0.2) is 41.2 Å². The number of hydrogen-bond acceptors (Lipinski definition) is 4. The Kier molecular flexibility index (Phi) is 9.66. The summed E-state index contributed by atoms with van der Waals surface area (Å²) in [6.07, 6.45) is -0.629. The van der Waals surface area contributed by atoms with Gasteiger partial charge in [0.05, 0.1) is 21.8 Å². The van der Waals surface area contributed by atoms with Crippen LogP contribution in [0.4, 0.5) is 22.0 Å². The summed E-state index contributed by atoms with van der Waals surface area (Å²) in [5, 5.41) is 9.10. The van der Waals surface area contributed by atoms with Gasteiger partial charge < -0.3 is 5.41 Å². The summed E-state index contributed by atoms with van der Waals surface area (Å²) >= 11 is 6.55. The molecule has 47 heavy (non-hydrogen) atoms. The number of rotatable bonds is 9. The first-order valence-electron chi connectivity index (χ1n) is 15.8. The highest BCUT2D eigenvalue weighted by Gasteiger charge is 2.45. The van der Waals surface area contributed by atoms with Crippen LogP contribution in [0.5, 0.6) is 0 Å². The fraction of sp³-hybridized carbons (Fsp3) is 0.444. The molecule has 0 radical (unpaired) electrons. The summed E-state index contributed by atoms with van der Waals surface area (Å²) in [7, 11) is 0. The highest BCUT2D eigenvalue weighted by atomic mass is 35.5. The van der Waals surface area contributed by atoms with Crippen molar-refractivity contribution in [3.63, 3.8) is 0 Å². The van der Waals surface area contributed by atoms with Crippen LogP contribution in [-0.2, 0) is 11.8 Å². The van der Waals surface area contributed by atoms with Crippen molar-refractivity contribution in [3.05, 3.63) is 97.2 Å². The van der Waals surface area contributed by atoms with E-state index in [1.54, 1.807) is 32.0 Å². The van der Waals surface area contributed by atoms with E-state index in [0.717, 1.165) is 6.07 Å². The van der Waals surface area contributed by atoms with E-state index >= 15 is 0 Å². The van der Waals surface area contributed by atoms with Crippen LogP contribution in [0.2, 0.25) is 5.02 Å². The number of hydrogen-bond donors (Lipinski definition) is 1. The minimum Gasteiger partial charge on any atom is -0.305 e. The molecular formula is C36H38ClF5N4O. The predicted molar refractivity (Wildman–Crippen MR) is 175 cm³/mol. The minimum absolute atomic E-state index is 0.0469. The molecule has 2 aromatic heterocycles. The lowest BCUT2D eigenvalue weighted by molar-refractivity contribution is -0.0554. The topological polar surface area (TPSA) is 71.6 Å². The van der Waals surface area contributed by atoms with Gasteiger partial charge in [-0.1, -0.05) is 32.4 Å². The van der Waals surface area contributed by atoms with Gasteiger partial charge in [0.15, 0.2) is 5.65 Å². The summed E-state index contributed by atoms with van der Waals surface area (Å²) in [5.74, 6) is -4.85. The number of halogens is 6. The van der Waals surface area contributed by atoms with Gasteiger partial charge in [0, 0.05) is 41.5 Å². The maximum Gasteiger partial charge on any atom is 0.267 e. The van der Waals surface area contributed by atoms with Gasteiger partial charge in [-0.05, 0) is 92.5 Å². The number of aromatic nitrogens is 3. The van der Waals surface area contributed by atoms with Crippen molar-refractivity contribution in [1.82, 2.24) is 14.5 Å². The van der Waals surface area contributed by atoms with E-state index in [9.17, 15) is 26.7 Å². The molecular weight excluding hydrogens is 635 g/mol. The Hall–Kier alpha value is -3.66. The zero-order valence-electron chi connectivity index (χ0n) is 27.1. The normalized spacial score (nSPS) is 16.5. The molecule has 0 spiro atoms. The first-order chi connectivity index (χ1) is 22.1. The third kappa shape index (κ3) is 6.58. The molecule has 0 amide bonds. The lowest BCUT2D eigenvalue weighted by Crippen LogP contribution is -2.39. The smallest absolute Gasteiger partial charge is 0.267 e. The van der Waals surface area contributed by atoms with Gasteiger partial charge in [-0.3, -0.25) is 13.8 Å². The Bertz CT molecular complexity index is 1890. The molecule has 5 nitrogen and oxygen atoms in total. The van der Waals surface area contributed by atoms with Crippen molar-refractivity contribution in [2.75, 3.05) is 6.67 Å². The van der Waals surface area contributed by atoms with Gasteiger partial charge >= 0.3 is 0 Å². The highest BCUT2D eigenvalue weighted by Crippen LogP contribution is 2.46. The van der Waals surface area contributed by atoms with E-state index < -0.39 is 54.0 Å². The molecule has 1 saturated carbocycles. The number of pyridine rings is 1. The summed E-state index contributed by atoms with van der Waals surface area (Å²) in [5.41, 5.74) is 1.22. The Morgan fingerprint density at radius 1 is 1.02 bits per heavy atom. The molecule has 4 aromatic rings. The quantitative estimate of drug-likeness (QED) is 0.142. The summed E-state index contributed by atoms with van der Waals surface area (Å²) in [4.78, 5) is 24.3. The van der Waals surface area contributed by atoms with Crippen LogP contribution in [0.25, 0.3) is 16.7 Å². The molecule has 5 rings (SSSR count). The van der Waals surface area contributed by atoms with Gasteiger partial charge in [0.25, 0.3) is 5.56 Å². The summed E-state index contributed by atoms with van der Waals surface area (Å²) in [6.45, 7) is 8.21. The number of benzene rings is 2. The van der Waals surface area contributed by atoms with Gasteiger partial charge in [0.2, 0.25) is 5.92 Å². The average Bonchev–Trinajstić information content (AvgIpc) is 2.99. The monoisotopic (exact) mass is 672 g/mol. The number of alkyl halides is 3. The number of nitrogens with one attached hydrogen (secondary N) is 1. The fourth-order valence-electron chi connectivity index (χ4n) is 6.75. The van der Waals surface area contributed by atoms with Gasteiger partial charge in [-0.15, -0.1) is 0 Å². The largest absolute Gasteiger partial charge is 0.305 e. The minimum atomic E-state index is -2.88. The molecule has 11 heteroatoms. The molecule has 2 heterocycles. The van der Waals surface area contributed by atoms with E-state index in [1.165, 1.54) is 16.7 Å². The Balaban J connectivity index is 1.82. The zero-order valence-corrected chi connectivity index (χ0v) is 27.8. The molecule has 1 N–H and O–H groups in total. The molecule has 1 atom stereocenters. The number of aryl methyl sites for hydroxylation is 1. The van der Waals surface area contributed by atoms with Crippen molar-refractivity contribution in [3.8, 4) is 5.69 Å². The molecule has 1 aliphatic carbocycles. The average molecular weight is 673 g/mol. The van der Waals surface area contributed by atoms with E-state index in [1.807, 2.05) is 20.8 Å². The van der Waals surface area contributed by atoms with E-state index in [0.29, 0.717) is 39.4 Å². The van der Waals surface area contributed by atoms with E-state index in [2.05, 4.69) is 0 Å². The van der Waals surface area contributed by atoms with Crippen molar-refractivity contribution in [2.24, 2.45) is 5.92 Å². The molecule has 1 fully saturated rings. The van der Waals surface area contributed by atoms with Crippen LogP contribution in [0, 0.1) is 36.8 Å². The summed E-state index contributed by atoms with van der Waals surface area (Å²) < 4.78 is 73.0. The second-order valence-electron chi connectivity index (χ2n) is 13.1. The first-order valence-corrected chi connectivity index (χ1v) is 16.2. The van der Waals surface area contributed by atoms with Crippen molar-refractivity contribution in [1.29, 1.82) is 5.41 Å². The van der Waals surface area contributed by atoms with Gasteiger partial charge in [-0.25, -0.2) is 27.5 Å². The Labute approximate surface area is 275 Å². The lowest BCUT2D eigenvalue weighted by atomic mass is 9.71. The SMILES string of the molecule is CCC(=N)c1c(Cl)ccc(-n2c(C(Cc3cc(F)cc(F)c3)C(C)C)nc3nc(C4(CF)CCC(F)(F)CC4)cc(C)c3c2=O)c1C. The number of nitrogens with zero attached hydrogens (tertiary/aromatic N) is 3. The Morgan fingerprint density at radius 3 is 2.23 bits per heavy atom. The maximum absolute atomic E-state index is 14.7. The molecule has 250 valence electrons.